The number of carbonyl (C=O) groups excluding carboxylic acids is 1. The fraction of sp³-hybridized carbons (Fsp3) is 0.324. The van der Waals surface area contributed by atoms with E-state index >= 15 is 0 Å². The summed E-state index contributed by atoms with van der Waals surface area (Å²) in [7, 11) is -2.93. The Labute approximate surface area is 311 Å². The third-order valence-electron chi connectivity index (χ3n) is 9.32. The van der Waals surface area contributed by atoms with Crippen LogP contribution in [0.4, 0.5) is 16.2 Å². The summed E-state index contributed by atoms with van der Waals surface area (Å²) < 4.78 is 23.1. The minimum absolute atomic E-state index is 0.0491. The molecule has 2 fully saturated rings. The molecule has 16 nitrogen and oxygen atoms in total. The van der Waals surface area contributed by atoms with Crippen LogP contribution in [0.2, 0.25) is 0 Å². The average molecular weight is 765 g/mol. The van der Waals surface area contributed by atoms with Crippen LogP contribution in [0.15, 0.2) is 97.1 Å². The molecule has 54 heavy (non-hydrogen) atoms. The second kappa shape index (κ2) is 16.4. The quantitative estimate of drug-likeness (QED) is 0.0770. The van der Waals surface area contributed by atoms with E-state index in [1.54, 1.807) is 43.3 Å². The van der Waals surface area contributed by atoms with Gasteiger partial charge in [-0.1, -0.05) is 30.3 Å². The summed E-state index contributed by atoms with van der Waals surface area (Å²) in [5, 5.41) is 57.4. The van der Waals surface area contributed by atoms with Crippen molar-refractivity contribution in [2.24, 2.45) is 0 Å². The Kier molecular flexibility index (Phi) is 11.7. The first-order chi connectivity index (χ1) is 25.9. The van der Waals surface area contributed by atoms with Crippen LogP contribution in [-0.4, -0.2) is 78.5 Å². The van der Waals surface area contributed by atoms with Crippen LogP contribution in [0, 0.1) is 20.2 Å². The predicted octanol–water partition coefficient (Wildman–Crippen LogP) is 5.98. The molecule has 2 saturated heterocycles. The number of rotatable bonds is 14. The van der Waals surface area contributed by atoms with Gasteiger partial charge in [-0.3, -0.25) is 20.2 Å². The zero-order chi connectivity index (χ0) is 38.6. The van der Waals surface area contributed by atoms with Crippen LogP contribution in [0.25, 0.3) is 0 Å². The van der Waals surface area contributed by atoms with Crippen LogP contribution in [-0.2, 0) is 33.1 Å². The predicted molar refractivity (Wildman–Crippen MR) is 197 cm³/mol. The fourth-order valence-electron chi connectivity index (χ4n) is 6.82. The van der Waals surface area contributed by atoms with Gasteiger partial charge in [0.15, 0.2) is 0 Å². The van der Waals surface area contributed by atoms with Crippen molar-refractivity contribution in [1.82, 2.24) is 9.80 Å². The van der Waals surface area contributed by atoms with Gasteiger partial charge in [0, 0.05) is 18.2 Å². The molecule has 0 radical (unpaired) electrons. The van der Waals surface area contributed by atoms with E-state index in [-0.39, 0.29) is 49.3 Å². The molecular weight excluding hydrogens is 723 g/mol. The number of nitrogens with zero attached hydrogens (tertiary/aromatic N) is 4. The van der Waals surface area contributed by atoms with E-state index < -0.39 is 48.1 Å². The van der Waals surface area contributed by atoms with Gasteiger partial charge in [-0.15, -0.1) is 0 Å². The number of phenolic OH excluding ortho intramolecular Hbond substituents is 1. The van der Waals surface area contributed by atoms with E-state index in [0.29, 0.717) is 34.6 Å². The zero-order valence-electron chi connectivity index (χ0n) is 29.5. The molecular formula is C37H41N4O12P. The number of carbonyl (C=O) groups is 1. The van der Waals surface area contributed by atoms with E-state index in [1.807, 2.05) is 6.92 Å². The van der Waals surface area contributed by atoms with Gasteiger partial charge in [0.2, 0.25) is 0 Å². The van der Waals surface area contributed by atoms with Gasteiger partial charge in [0.05, 0.1) is 9.85 Å². The molecule has 2 amide bonds. The Morgan fingerprint density at radius 1 is 0.796 bits per heavy atom. The van der Waals surface area contributed by atoms with Crippen molar-refractivity contribution in [1.29, 1.82) is 0 Å². The van der Waals surface area contributed by atoms with Crippen LogP contribution < -0.4 is 4.74 Å². The van der Waals surface area contributed by atoms with Crippen LogP contribution in [0.1, 0.15) is 42.1 Å². The number of aromatic hydroxyl groups is 1. The molecule has 3 N–H and O–H groups in total. The molecule has 0 aromatic heterocycles. The SMILES string of the molecule is CCO[PH]1(COc2ccc(C[C@@H]3[C@H](O)[C@@H](O)C(c4ccc(O)cc4)N(Cc4cccc([N+](=O)[O-])c4)C(=O)N3Cc3cccc([N+](=O)[O-])c3)cc2)OC(C)O1. The maximum atomic E-state index is 14.9. The number of nitro groups is 2. The standard InChI is InChI=1S/C37H41N4O12P/c1-3-51-54(52-24(2)53-54)23-50-32-16-10-25(11-17-32)20-33-35(43)36(44)34(28-12-14-31(42)15-13-28)39(22-27-7-5-9-30(19-27)41(48)49)37(45)38(33)21-26-6-4-8-29(18-26)40(46)47/h4-19,24,33-36,42-44,54H,3,20-23H2,1-2H3/t33-,34?,35+,36+/m1/s1. The van der Waals surface area contributed by atoms with Crippen LogP contribution in [0.5, 0.6) is 11.5 Å². The second-order valence-corrected chi connectivity index (χ2v) is 15.4. The molecule has 0 spiro atoms. The van der Waals surface area contributed by atoms with Crippen molar-refractivity contribution in [3.63, 3.8) is 0 Å². The van der Waals surface area contributed by atoms with E-state index in [1.165, 1.54) is 70.5 Å². The topological polar surface area (TPSA) is 207 Å². The molecule has 17 heteroatoms. The third-order valence-corrected chi connectivity index (χ3v) is 11.9. The molecule has 6 rings (SSSR count). The summed E-state index contributed by atoms with van der Waals surface area (Å²) in [4.78, 5) is 39.8. The summed E-state index contributed by atoms with van der Waals surface area (Å²) in [5.41, 5.74) is 1.44. The summed E-state index contributed by atoms with van der Waals surface area (Å²) in [6, 6.07) is 21.4. The monoisotopic (exact) mass is 764 g/mol. The van der Waals surface area contributed by atoms with E-state index in [0.717, 1.165) is 0 Å². The van der Waals surface area contributed by atoms with Crippen molar-refractivity contribution in [2.75, 3.05) is 13.0 Å². The Morgan fingerprint density at radius 2 is 1.37 bits per heavy atom. The normalized spacial score (nSPS) is 22.9. The van der Waals surface area contributed by atoms with Crippen molar-refractivity contribution < 1.29 is 48.3 Å². The molecule has 0 bridgehead atoms. The third kappa shape index (κ3) is 8.60. The van der Waals surface area contributed by atoms with Crippen LogP contribution in [0.3, 0.4) is 0 Å². The van der Waals surface area contributed by atoms with Crippen molar-refractivity contribution in [3.05, 3.63) is 140 Å². The molecule has 4 aromatic carbocycles. The number of phenols is 1. The summed E-state index contributed by atoms with van der Waals surface area (Å²) in [6.07, 6.45) is -3.39. The van der Waals surface area contributed by atoms with Gasteiger partial charge < -0.3 is 5.11 Å². The molecule has 4 aromatic rings. The number of aliphatic hydroxyl groups excluding tert-OH is 2. The minimum atomic E-state index is -2.93. The number of benzene rings is 4. The molecule has 2 aliphatic heterocycles. The number of aliphatic hydroxyl groups is 2. The molecule has 4 atom stereocenters. The Hall–Kier alpha value is -5.22. The zero-order valence-corrected chi connectivity index (χ0v) is 30.5. The fourth-order valence-corrected chi connectivity index (χ4v) is 8.98. The van der Waals surface area contributed by atoms with Gasteiger partial charge >= 0.3 is 193 Å². The van der Waals surface area contributed by atoms with Gasteiger partial charge in [0.25, 0.3) is 11.4 Å². The van der Waals surface area contributed by atoms with Crippen molar-refractivity contribution >= 4 is 25.3 Å². The number of nitro benzene ring substituents is 2. The molecule has 1 unspecified atom stereocenters. The van der Waals surface area contributed by atoms with Crippen molar-refractivity contribution in [3.8, 4) is 11.5 Å². The number of amides is 2. The number of hydrogen-bond acceptors (Lipinski definition) is 12. The molecule has 2 heterocycles. The molecule has 286 valence electrons. The summed E-state index contributed by atoms with van der Waals surface area (Å²) in [5.74, 6) is 0.438. The summed E-state index contributed by atoms with van der Waals surface area (Å²) >= 11 is 0. The van der Waals surface area contributed by atoms with E-state index in [4.69, 9.17) is 18.3 Å². The van der Waals surface area contributed by atoms with E-state index in [2.05, 4.69) is 0 Å². The Bertz CT molecular complexity index is 1960. The average Bonchev–Trinajstić information content (AvgIpc) is 3.21. The number of urea groups is 1. The van der Waals surface area contributed by atoms with Crippen molar-refractivity contribution in [2.45, 2.75) is 63.9 Å². The Balaban J connectivity index is 1.37. The van der Waals surface area contributed by atoms with Gasteiger partial charge in [-0.05, 0) is 17.7 Å². The first kappa shape index (κ1) is 38.5. The number of non-ortho nitro benzene ring substituents is 2. The summed E-state index contributed by atoms with van der Waals surface area (Å²) in [6.45, 7) is 3.61. The first-order valence-electron chi connectivity index (χ1n) is 17.3. The van der Waals surface area contributed by atoms with E-state index in [9.17, 15) is 40.3 Å². The molecule has 0 saturated carbocycles. The van der Waals surface area contributed by atoms with Gasteiger partial charge in [-0.2, -0.15) is 0 Å². The number of hydrogen-bond donors (Lipinski definition) is 3. The molecule has 2 aliphatic rings. The van der Waals surface area contributed by atoms with Crippen LogP contribution >= 0.6 is 7.94 Å². The Morgan fingerprint density at radius 3 is 1.91 bits per heavy atom. The van der Waals surface area contributed by atoms with Gasteiger partial charge in [0.1, 0.15) is 5.75 Å². The maximum absolute atomic E-state index is 14.9. The van der Waals surface area contributed by atoms with Gasteiger partial charge in [-0.25, -0.2) is 0 Å². The number of ether oxygens (including phenoxy) is 1. The first-order valence-corrected chi connectivity index (χ1v) is 19.2. The second-order valence-electron chi connectivity index (χ2n) is 13.0. The molecule has 0 aliphatic carbocycles.